The van der Waals surface area contributed by atoms with Crippen molar-refractivity contribution >= 4 is 22.7 Å². The monoisotopic (exact) mass is 441 g/mol. The predicted octanol–water partition coefficient (Wildman–Crippen LogP) is 3.93. The van der Waals surface area contributed by atoms with Crippen LogP contribution in [0.3, 0.4) is 0 Å². The van der Waals surface area contributed by atoms with Gasteiger partial charge in [-0.1, -0.05) is 24.3 Å². The zero-order chi connectivity index (χ0) is 22.6. The maximum absolute atomic E-state index is 12.7. The van der Waals surface area contributed by atoms with Gasteiger partial charge in [-0.05, 0) is 43.0 Å². The van der Waals surface area contributed by atoms with Gasteiger partial charge in [-0.3, -0.25) is 9.78 Å². The fraction of sp³-hybridized carbons (Fsp3) is 0.280. The van der Waals surface area contributed by atoms with Crippen LogP contribution >= 0.6 is 0 Å². The number of fused-ring (bicyclic) bond motifs is 1. The Morgan fingerprint density at radius 2 is 2.03 bits per heavy atom. The molecule has 8 heteroatoms. The number of anilines is 1. The molecule has 1 amide bonds. The van der Waals surface area contributed by atoms with E-state index in [-0.39, 0.29) is 23.4 Å². The first-order valence-corrected chi connectivity index (χ1v) is 11.0. The third-order valence-corrected chi connectivity index (χ3v) is 6.01. The predicted molar refractivity (Wildman–Crippen MR) is 122 cm³/mol. The standard InChI is InChI=1S/C25H23N5O3/c26-16-20-25(33-24(29-20)21-7-3-15-32-21)30-13-9-19(10-14-30)23(31)28-12-8-18-5-1-4-17-6-2-11-27-22(17)18/h1-7,11,15,19H,8-10,12-14H2,(H,28,31). The number of nitrogens with zero attached hydrogens (tertiary/aromatic N) is 4. The topological polar surface area (TPSA) is 108 Å². The highest BCUT2D eigenvalue weighted by atomic mass is 16.4. The molecule has 1 aliphatic rings. The SMILES string of the molecule is N#Cc1nc(-c2ccco2)oc1N1CCC(C(=O)NCCc2cccc3cccnc23)CC1. The van der Waals surface area contributed by atoms with Crippen molar-refractivity contribution in [3.8, 4) is 17.7 Å². The largest absolute Gasteiger partial charge is 0.459 e. The summed E-state index contributed by atoms with van der Waals surface area (Å²) >= 11 is 0. The lowest BCUT2D eigenvalue weighted by Gasteiger charge is -2.31. The molecule has 4 aromatic rings. The Morgan fingerprint density at radius 1 is 1.18 bits per heavy atom. The molecule has 0 unspecified atom stereocenters. The minimum Gasteiger partial charge on any atom is -0.459 e. The van der Waals surface area contributed by atoms with Crippen LogP contribution in [-0.4, -0.2) is 35.5 Å². The number of carbonyl (C=O) groups is 1. The summed E-state index contributed by atoms with van der Waals surface area (Å²) in [4.78, 5) is 23.4. The number of nitriles is 1. The molecule has 166 valence electrons. The molecular formula is C25H23N5O3. The molecule has 1 aromatic carbocycles. The number of amides is 1. The number of hydrogen-bond donors (Lipinski definition) is 1. The fourth-order valence-electron chi connectivity index (χ4n) is 4.28. The second-order valence-electron chi connectivity index (χ2n) is 8.06. The lowest BCUT2D eigenvalue weighted by Crippen LogP contribution is -2.41. The molecule has 1 saturated heterocycles. The first kappa shape index (κ1) is 20.8. The Labute approximate surface area is 190 Å². The minimum absolute atomic E-state index is 0.0649. The first-order chi connectivity index (χ1) is 16.2. The smallest absolute Gasteiger partial charge is 0.266 e. The second-order valence-corrected chi connectivity index (χ2v) is 8.06. The van der Waals surface area contributed by atoms with Gasteiger partial charge < -0.3 is 19.1 Å². The van der Waals surface area contributed by atoms with E-state index in [0.717, 1.165) is 22.9 Å². The van der Waals surface area contributed by atoms with Crippen molar-refractivity contribution in [3.05, 3.63) is 66.2 Å². The number of piperidine rings is 1. The lowest BCUT2D eigenvalue weighted by atomic mass is 9.96. The quantitative estimate of drug-likeness (QED) is 0.483. The van der Waals surface area contributed by atoms with Gasteiger partial charge in [0.1, 0.15) is 6.07 Å². The van der Waals surface area contributed by atoms with Gasteiger partial charge in [0.15, 0.2) is 5.76 Å². The van der Waals surface area contributed by atoms with Crippen molar-refractivity contribution in [3.63, 3.8) is 0 Å². The van der Waals surface area contributed by atoms with Crippen LogP contribution in [0.25, 0.3) is 22.6 Å². The number of para-hydroxylation sites is 1. The minimum atomic E-state index is -0.0649. The molecule has 0 radical (unpaired) electrons. The maximum atomic E-state index is 12.7. The molecule has 0 spiro atoms. The summed E-state index contributed by atoms with van der Waals surface area (Å²) in [5.41, 5.74) is 2.34. The summed E-state index contributed by atoms with van der Waals surface area (Å²) in [7, 11) is 0. The number of nitrogens with one attached hydrogen (secondary N) is 1. The Balaban J connectivity index is 1.16. The van der Waals surface area contributed by atoms with Gasteiger partial charge in [0.05, 0.1) is 11.8 Å². The molecular weight excluding hydrogens is 418 g/mol. The van der Waals surface area contributed by atoms with Gasteiger partial charge in [-0.25, -0.2) is 0 Å². The number of rotatable bonds is 6. The number of benzene rings is 1. The Kier molecular flexibility index (Phi) is 5.77. The van der Waals surface area contributed by atoms with E-state index in [2.05, 4.69) is 27.4 Å². The van der Waals surface area contributed by atoms with E-state index in [0.29, 0.717) is 44.1 Å². The summed E-state index contributed by atoms with van der Waals surface area (Å²) < 4.78 is 11.1. The van der Waals surface area contributed by atoms with Crippen LogP contribution < -0.4 is 10.2 Å². The average Bonchev–Trinajstić information content (AvgIpc) is 3.54. The normalized spacial score (nSPS) is 14.3. The molecule has 3 aromatic heterocycles. The van der Waals surface area contributed by atoms with Crippen LogP contribution in [0.5, 0.6) is 0 Å². The summed E-state index contributed by atoms with van der Waals surface area (Å²) in [6.07, 6.45) is 5.43. The fourth-order valence-corrected chi connectivity index (χ4v) is 4.28. The van der Waals surface area contributed by atoms with E-state index in [1.165, 1.54) is 6.26 Å². The Morgan fingerprint density at radius 3 is 2.82 bits per heavy atom. The van der Waals surface area contributed by atoms with Crippen molar-refractivity contribution in [2.75, 3.05) is 24.5 Å². The van der Waals surface area contributed by atoms with E-state index in [9.17, 15) is 10.1 Å². The summed E-state index contributed by atoms with van der Waals surface area (Å²) in [5, 5.41) is 13.6. The van der Waals surface area contributed by atoms with Crippen molar-refractivity contribution < 1.29 is 13.6 Å². The van der Waals surface area contributed by atoms with Crippen molar-refractivity contribution in [2.45, 2.75) is 19.3 Å². The number of aromatic nitrogens is 2. The highest BCUT2D eigenvalue weighted by Crippen LogP contribution is 2.31. The molecule has 0 aliphatic carbocycles. The summed E-state index contributed by atoms with van der Waals surface area (Å²) in [6, 6.07) is 15.7. The van der Waals surface area contributed by atoms with Crippen molar-refractivity contribution in [1.82, 2.24) is 15.3 Å². The van der Waals surface area contributed by atoms with Gasteiger partial charge in [-0.2, -0.15) is 10.2 Å². The number of carbonyl (C=O) groups excluding carboxylic acids is 1. The molecule has 0 atom stereocenters. The Bertz CT molecular complexity index is 1290. The zero-order valence-corrected chi connectivity index (χ0v) is 18.0. The molecule has 8 nitrogen and oxygen atoms in total. The van der Waals surface area contributed by atoms with E-state index in [1.807, 2.05) is 29.2 Å². The van der Waals surface area contributed by atoms with Crippen LogP contribution in [0.4, 0.5) is 5.88 Å². The van der Waals surface area contributed by atoms with Crippen LogP contribution in [0.15, 0.2) is 63.8 Å². The van der Waals surface area contributed by atoms with E-state index in [1.54, 1.807) is 18.3 Å². The lowest BCUT2D eigenvalue weighted by molar-refractivity contribution is -0.125. The van der Waals surface area contributed by atoms with Crippen LogP contribution in [0.1, 0.15) is 24.1 Å². The molecule has 0 bridgehead atoms. The molecule has 33 heavy (non-hydrogen) atoms. The summed E-state index contributed by atoms with van der Waals surface area (Å²) in [5.74, 6) is 1.20. The van der Waals surface area contributed by atoms with Crippen molar-refractivity contribution in [2.24, 2.45) is 5.92 Å². The van der Waals surface area contributed by atoms with Gasteiger partial charge in [-0.15, -0.1) is 0 Å². The average molecular weight is 441 g/mol. The number of furan rings is 1. The van der Waals surface area contributed by atoms with E-state index < -0.39 is 0 Å². The van der Waals surface area contributed by atoms with E-state index in [4.69, 9.17) is 8.83 Å². The zero-order valence-electron chi connectivity index (χ0n) is 18.0. The molecule has 5 rings (SSSR count). The summed E-state index contributed by atoms with van der Waals surface area (Å²) in [6.45, 7) is 1.81. The highest BCUT2D eigenvalue weighted by Gasteiger charge is 2.29. The first-order valence-electron chi connectivity index (χ1n) is 11.0. The van der Waals surface area contributed by atoms with Crippen molar-refractivity contribution in [1.29, 1.82) is 5.26 Å². The third kappa shape index (κ3) is 4.30. The molecule has 1 N–H and O–H groups in total. The molecule has 1 fully saturated rings. The van der Waals surface area contributed by atoms with Crippen LogP contribution in [-0.2, 0) is 11.2 Å². The van der Waals surface area contributed by atoms with Gasteiger partial charge in [0, 0.05) is 37.1 Å². The number of oxazole rings is 1. The maximum Gasteiger partial charge on any atom is 0.266 e. The van der Waals surface area contributed by atoms with Gasteiger partial charge in [0.2, 0.25) is 17.5 Å². The Hall–Kier alpha value is -4.12. The van der Waals surface area contributed by atoms with Gasteiger partial charge in [0.25, 0.3) is 5.89 Å². The van der Waals surface area contributed by atoms with Gasteiger partial charge >= 0.3 is 0 Å². The molecule has 0 saturated carbocycles. The second kappa shape index (κ2) is 9.17. The molecule has 1 aliphatic heterocycles. The molecule has 4 heterocycles. The van der Waals surface area contributed by atoms with E-state index >= 15 is 0 Å². The number of pyridine rings is 1. The number of hydrogen-bond acceptors (Lipinski definition) is 7. The highest BCUT2D eigenvalue weighted by molar-refractivity contribution is 5.82. The van der Waals surface area contributed by atoms with Crippen LogP contribution in [0.2, 0.25) is 0 Å². The third-order valence-electron chi connectivity index (χ3n) is 6.01. The van der Waals surface area contributed by atoms with Crippen LogP contribution in [0, 0.1) is 17.2 Å².